The summed E-state index contributed by atoms with van der Waals surface area (Å²) in [6.45, 7) is 4.91. The minimum atomic E-state index is 0. The average molecular weight is 364 g/mol. The van der Waals surface area contributed by atoms with E-state index in [1.54, 1.807) is 0 Å². The van der Waals surface area contributed by atoms with Crippen LogP contribution in [0.4, 0.5) is 0 Å². The molecule has 1 aliphatic heterocycles. The number of piperazine rings is 1. The lowest BCUT2D eigenvalue weighted by atomic mass is 10.0. The first-order chi connectivity index (χ1) is 9.84. The van der Waals surface area contributed by atoms with Gasteiger partial charge in [0.05, 0.1) is 6.54 Å². The third kappa shape index (κ3) is 4.61. The zero-order chi connectivity index (χ0) is 13.8. The molecule has 0 saturated carbocycles. The van der Waals surface area contributed by atoms with E-state index in [4.69, 9.17) is 11.6 Å². The lowest BCUT2D eigenvalue weighted by Gasteiger charge is -2.36. The average Bonchev–Trinajstić information content (AvgIpc) is 2.99. The topological polar surface area (TPSA) is 33.1 Å². The van der Waals surface area contributed by atoms with Gasteiger partial charge in [-0.2, -0.15) is 5.10 Å². The Hall–Kier alpha value is -0.780. The van der Waals surface area contributed by atoms with Crippen molar-refractivity contribution in [1.29, 1.82) is 0 Å². The van der Waals surface area contributed by atoms with Crippen molar-refractivity contribution in [1.82, 2.24) is 20.0 Å². The Bertz CT molecular complexity index is 547. The lowest BCUT2D eigenvalue weighted by Crippen LogP contribution is -2.47. The van der Waals surface area contributed by atoms with Crippen LogP contribution in [0.15, 0.2) is 42.7 Å². The predicted molar refractivity (Wildman–Crippen MR) is 95.4 cm³/mol. The maximum atomic E-state index is 6.35. The molecule has 1 fully saturated rings. The number of benzene rings is 1. The molecular weight excluding hydrogens is 343 g/mol. The molecule has 2 aromatic rings. The van der Waals surface area contributed by atoms with Gasteiger partial charge in [0.2, 0.25) is 0 Å². The fraction of sp³-hybridized carbons (Fsp3) is 0.400. The molecule has 0 aliphatic carbocycles. The molecule has 22 heavy (non-hydrogen) atoms. The molecule has 0 spiro atoms. The number of nitrogens with one attached hydrogen (secondary N) is 1. The largest absolute Gasteiger partial charge is 0.314 e. The van der Waals surface area contributed by atoms with Crippen molar-refractivity contribution < 1.29 is 0 Å². The van der Waals surface area contributed by atoms with Crippen molar-refractivity contribution in [3.05, 3.63) is 53.3 Å². The van der Waals surface area contributed by atoms with Gasteiger partial charge in [0.15, 0.2) is 0 Å². The van der Waals surface area contributed by atoms with E-state index in [-0.39, 0.29) is 24.8 Å². The SMILES string of the molecule is Cl.Cl.Clc1ccccc1C1CNCCN1CCn1cccn1. The zero-order valence-corrected chi connectivity index (χ0v) is 14.6. The van der Waals surface area contributed by atoms with E-state index in [1.165, 1.54) is 5.56 Å². The number of aromatic nitrogens is 2. The summed E-state index contributed by atoms with van der Waals surface area (Å²) < 4.78 is 1.98. The first kappa shape index (κ1) is 19.3. The van der Waals surface area contributed by atoms with E-state index in [1.807, 2.05) is 35.3 Å². The summed E-state index contributed by atoms with van der Waals surface area (Å²) in [4.78, 5) is 2.49. The summed E-state index contributed by atoms with van der Waals surface area (Å²) in [5.41, 5.74) is 1.21. The van der Waals surface area contributed by atoms with E-state index < -0.39 is 0 Å². The van der Waals surface area contributed by atoms with Gasteiger partial charge in [-0.15, -0.1) is 24.8 Å². The maximum absolute atomic E-state index is 6.35. The molecule has 1 saturated heterocycles. The van der Waals surface area contributed by atoms with Gasteiger partial charge in [-0.3, -0.25) is 9.58 Å². The second-order valence-corrected chi connectivity index (χ2v) is 5.45. The number of rotatable bonds is 4. The molecule has 1 N–H and O–H groups in total. The van der Waals surface area contributed by atoms with Gasteiger partial charge in [-0.1, -0.05) is 29.8 Å². The van der Waals surface area contributed by atoms with E-state index in [9.17, 15) is 0 Å². The number of hydrogen-bond acceptors (Lipinski definition) is 3. The number of nitrogens with zero attached hydrogens (tertiary/aromatic N) is 3. The predicted octanol–water partition coefficient (Wildman–Crippen LogP) is 3.03. The Balaban J connectivity index is 0.00000121. The smallest absolute Gasteiger partial charge is 0.0536 e. The summed E-state index contributed by atoms with van der Waals surface area (Å²) in [5.74, 6) is 0. The summed E-state index contributed by atoms with van der Waals surface area (Å²) in [6, 6.07) is 10.4. The molecule has 1 atom stereocenters. The Labute approximate surface area is 148 Å². The molecule has 1 aromatic carbocycles. The van der Waals surface area contributed by atoms with E-state index in [2.05, 4.69) is 27.4 Å². The fourth-order valence-corrected chi connectivity index (χ4v) is 2.99. The van der Waals surface area contributed by atoms with Crippen LogP contribution in [0.2, 0.25) is 5.02 Å². The molecule has 4 nitrogen and oxygen atoms in total. The zero-order valence-electron chi connectivity index (χ0n) is 12.2. The van der Waals surface area contributed by atoms with Gasteiger partial charge >= 0.3 is 0 Å². The monoisotopic (exact) mass is 362 g/mol. The Morgan fingerprint density at radius 1 is 1.18 bits per heavy atom. The van der Waals surface area contributed by atoms with Crippen LogP contribution in [0.25, 0.3) is 0 Å². The minimum absolute atomic E-state index is 0. The highest BCUT2D eigenvalue weighted by atomic mass is 35.5. The minimum Gasteiger partial charge on any atom is -0.314 e. The van der Waals surface area contributed by atoms with Crippen LogP contribution in [0, 0.1) is 0 Å². The van der Waals surface area contributed by atoms with Crippen molar-refractivity contribution in [2.45, 2.75) is 12.6 Å². The molecule has 1 unspecified atom stereocenters. The van der Waals surface area contributed by atoms with E-state index >= 15 is 0 Å². The second kappa shape index (κ2) is 9.38. The first-order valence-corrected chi connectivity index (χ1v) is 7.39. The molecule has 7 heteroatoms. The molecule has 122 valence electrons. The first-order valence-electron chi connectivity index (χ1n) is 7.01. The van der Waals surface area contributed by atoms with Gasteiger partial charge in [-0.05, 0) is 17.7 Å². The van der Waals surface area contributed by atoms with Gasteiger partial charge in [0, 0.05) is 49.6 Å². The van der Waals surface area contributed by atoms with Crippen molar-refractivity contribution in [3.8, 4) is 0 Å². The third-order valence-electron chi connectivity index (χ3n) is 3.79. The van der Waals surface area contributed by atoms with E-state index in [0.717, 1.165) is 37.7 Å². The van der Waals surface area contributed by atoms with Gasteiger partial charge in [-0.25, -0.2) is 0 Å². The molecule has 0 bridgehead atoms. The van der Waals surface area contributed by atoms with Crippen LogP contribution in [-0.4, -0.2) is 40.9 Å². The summed E-state index contributed by atoms with van der Waals surface area (Å²) in [5, 5.41) is 8.58. The van der Waals surface area contributed by atoms with Crippen molar-refractivity contribution in [2.75, 3.05) is 26.2 Å². The fourth-order valence-electron chi connectivity index (χ4n) is 2.73. The maximum Gasteiger partial charge on any atom is 0.0536 e. The van der Waals surface area contributed by atoms with Crippen LogP contribution >= 0.6 is 36.4 Å². The van der Waals surface area contributed by atoms with Crippen LogP contribution in [0.3, 0.4) is 0 Å². The highest BCUT2D eigenvalue weighted by Gasteiger charge is 2.24. The normalized spacial score (nSPS) is 18.3. The number of halogens is 3. The van der Waals surface area contributed by atoms with Crippen LogP contribution in [0.5, 0.6) is 0 Å². The van der Waals surface area contributed by atoms with Crippen LogP contribution in [-0.2, 0) is 6.54 Å². The van der Waals surface area contributed by atoms with Gasteiger partial charge < -0.3 is 5.32 Å². The molecule has 0 radical (unpaired) electrons. The molecule has 1 aliphatic rings. The van der Waals surface area contributed by atoms with Crippen molar-refractivity contribution in [2.24, 2.45) is 0 Å². The summed E-state index contributed by atoms with van der Waals surface area (Å²) in [6.07, 6.45) is 3.83. The molecular formula is C15H21Cl3N4. The highest BCUT2D eigenvalue weighted by molar-refractivity contribution is 6.31. The molecule has 3 rings (SSSR count). The quantitative estimate of drug-likeness (QED) is 0.906. The highest BCUT2D eigenvalue weighted by Crippen LogP contribution is 2.28. The molecule has 1 aromatic heterocycles. The van der Waals surface area contributed by atoms with Gasteiger partial charge in [0.1, 0.15) is 0 Å². The molecule has 2 heterocycles. The van der Waals surface area contributed by atoms with Gasteiger partial charge in [0.25, 0.3) is 0 Å². The van der Waals surface area contributed by atoms with Crippen molar-refractivity contribution >= 4 is 36.4 Å². The van der Waals surface area contributed by atoms with Crippen LogP contribution < -0.4 is 5.32 Å². The van der Waals surface area contributed by atoms with Crippen molar-refractivity contribution in [3.63, 3.8) is 0 Å². The second-order valence-electron chi connectivity index (χ2n) is 5.05. The number of hydrogen-bond donors (Lipinski definition) is 1. The van der Waals surface area contributed by atoms with E-state index in [0.29, 0.717) is 6.04 Å². The summed E-state index contributed by atoms with van der Waals surface area (Å²) >= 11 is 6.35. The standard InChI is InChI=1S/C15H19ClN4.2ClH/c16-14-5-2-1-4-13(14)15-12-17-7-9-19(15)10-11-20-8-3-6-18-20;;/h1-6,8,15,17H,7,9-12H2;2*1H. The Morgan fingerprint density at radius 3 is 2.73 bits per heavy atom. The summed E-state index contributed by atoms with van der Waals surface area (Å²) in [7, 11) is 0. The van der Waals surface area contributed by atoms with Crippen LogP contribution in [0.1, 0.15) is 11.6 Å². The Morgan fingerprint density at radius 2 is 2.00 bits per heavy atom. The molecule has 0 amide bonds. The Kier molecular flexibility index (Phi) is 8.21. The lowest BCUT2D eigenvalue weighted by molar-refractivity contribution is 0.154. The third-order valence-corrected chi connectivity index (χ3v) is 4.14.